The van der Waals surface area contributed by atoms with E-state index in [0.717, 1.165) is 0 Å². The minimum Gasteiger partial charge on any atom is -0.480 e. The summed E-state index contributed by atoms with van der Waals surface area (Å²) in [5.74, 6) is -1.30. The molecular weight excluding hydrogens is 331 g/mol. The van der Waals surface area contributed by atoms with Gasteiger partial charge in [0.15, 0.2) is 11.6 Å². The molecule has 2 aromatic carbocycles. The second-order valence-corrected chi connectivity index (χ2v) is 5.17. The Balaban J connectivity index is 0.00000312. The molecule has 6 nitrogen and oxygen atoms in total. The number of benzene rings is 2. The summed E-state index contributed by atoms with van der Waals surface area (Å²) in [6.45, 7) is 1.19. The summed E-state index contributed by atoms with van der Waals surface area (Å²) < 4.78 is 0. The van der Waals surface area contributed by atoms with Gasteiger partial charge in [-0.3, -0.25) is 14.4 Å². The maximum Gasteiger partial charge on any atom is 1.00 e. The van der Waals surface area contributed by atoms with Crippen LogP contribution in [0.2, 0.25) is 0 Å². The van der Waals surface area contributed by atoms with E-state index >= 15 is 0 Å². The average Bonchev–Trinajstić information content (AvgIpc) is 2.58. The van der Waals surface area contributed by atoms with Gasteiger partial charge in [0.1, 0.15) is 6.54 Å². The Hall–Kier alpha value is -2.15. The van der Waals surface area contributed by atoms with Gasteiger partial charge in [-0.1, -0.05) is 24.3 Å². The first kappa shape index (κ1) is 20.9. The van der Waals surface area contributed by atoms with E-state index in [1.54, 1.807) is 48.5 Å². The van der Waals surface area contributed by atoms with E-state index in [-0.39, 0.29) is 54.2 Å². The number of nitrogens with one attached hydrogen (secondary N) is 2. The molecule has 124 valence electrons. The molecule has 0 radical (unpaired) electrons. The molecule has 0 aliphatic carbocycles. The Kier molecular flexibility index (Phi) is 8.34. The van der Waals surface area contributed by atoms with Crippen LogP contribution in [0.5, 0.6) is 0 Å². The van der Waals surface area contributed by atoms with Crippen molar-refractivity contribution in [1.29, 1.82) is 0 Å². The third-order valence-electron chi connectivity index (χ3n) is 3.40. The molecule has 0 fully saturated rings. The van der Waals surface area contributed by atoms with Crippen LogP contribution < -0.4 is 40.2 Å². The molecule has 0 saturated heterocycles. The minimum absolute atomic E-state index is 0. The van der Waals surface area contributed by atoms with Crippen molar-refractivity contribution in [2.24, 2.45) is 0 Å². The Bertz CT molecular complexity index is 777. The summed E-state index contributed by atoms with van der Waals surface area (Å²) >= 11 is 0. The number of Topliss-reactive ketones (excluding diaryl/α,β-unsaturated/α-hetero) is 2. The Morgan fingerprint density at radius 3 is 1.88 bits per heavy atom. The van der Waals surface area contributed by atoms with E-state index in [2.05, 4.69) is 10.6 Å². The van der Waals surface area contributed by atoms with Crippen molar-refractivity contribution >= 4 is 28.9 Å². The third-order valence-corrected chi connectivity index (χ3v) is 3.40. The molecule has 0 aliphatic heterocycles. The second kappa shape index (κ2) is 9.98. The van der Waals surface area contributed by atoms with Crippen molar-refractivity contribution in [3.05, 3.63) is 59.7 Å². The number of ketones is 2. The van der Waals surface area contributed by atoms with Crippen molar-refractivity contribution in [3.8, 4) is 0 Å². The van der Waals surface area contributed by atoms with Crippen molar-refractivity contribution in [2.45, 2.75) is 6.92 Å². The van der Waals surface area contributed by atoms with Crippen LogP contribution >= 0.6 is 0 Å². The first-order chi connectivity index (χ1) is 11.5. The fraction of sp³-hybridized carbons (Fsp3) is 0.167. The molecule has 2 rings (SSSR count). The normalized spacial score (nSPS) is 9.64. The van der Waals surface area contributed by atoms with Gasteiger partial charge in [-0.05, 0) is 31.2 Å². The Morgan fingerprint density at radius 2 is 1.32 bits per heavy atom. The van der Waals surface area contributed by atoms with E-state index < -0.39 is 5.97 Å². The van der Waals surface area contributed by atoms with Gasteiger partial charge in [-0.2, -0.15) is 0 Å². The van der Waals surface area contributed by atoms with Gasteiger partial charge in [-0.15, -0.1) is 0 Å². The molecule has 7 heteroatoms. The van der Waals surface area contributed by atoms with Crippen LogP contribution in [0.15, 0.2) is 48.5 Å². The number of carbonyl (C=O) groups is 3. The molecular formula is C18H18N2NaO4+. The largest absolute Gasteiger partial charge is 1.00 e. The number of anilines is 2. The summed E-state index contributed by atoms with van der Waals surface area (Å²) in [5, 5.41) is 14.4. The number of aliphatic carboxylic acids is 1. The standard InChI is InChI=1S/C18H18N2O4.Na/c1-12(21)13-6-2-4-8-15(13)19-10-17(22)14-7-3-5-9-16(14)20-11-18(23)24;/h2-9,19-20H,10-11H2,1H3,(H,23,24);/q;+1. The monoisotopic (exact) mass is 349 g/mol. The molecule has 0 spiro atoms. The summed E-state index contributed by atoms with van der Waals surface area (Å²) in [5.41, 5.74) is 1.97. The third kappa shape index (κ3) is 6.01. The minimum atomic E-state index is -1.01. The number of hydrogen-bond acceptors (Lipinski definition) is 5. The van der Waals surface area contributed by atoms with E-state index in [0.29, 0.717) is 22.5 Å². The van der Waals surface area contributed by atoms with Gasteiger partial charge in [0.05, 0.1) is 6.54 Å². The number of carboxylic acids is 1. The molecule has 3 N–H and O–H groups in total. The molecule has 0 saturated carbocycles. The van der Waals surface area contributed by atoms with E-state index in [1.165, 1.54) is 6.92 Å². The topological polar surface area (TPSA) is 95.5 Å². The van der Waals surface area contributed by atoms with Gasteiger partial charge in [0.2, 0.25) is 0 Å². The number of hydrogen-bond donors (Lipinski definition) is 3. The zero-order valence-corrected chi connectivity index (χ0v) is 16.2. The average molecular weight is 349 g/mol. The molecule has 0 heterocycles. The van der Waals surface area contributed by atoms with Crippen LogP contribution in [0.3, 0.4) is 0 Å². The van der Waals surface area contributed by atoms with Crippen molar-refractivity contribution in [1.82, 2.24) is 0 Å². The molecule has 0 bridgehead atoms. The van der Waals surface area contributed by atoms with Crippen LogP contribution in [-0.2, 0) is 4.79 Å². The summed E-state index contributed by atoms with van der Waals surface area (Å²) in [7, 11) is 0. The van der Waals surface area contributed by atoms with Crippen LogP contribution in [0.4, 0.5) is 11.4 Å². The van der Waals surface area contributed by atoms with Crippen LogP contribution in [-0.4, -0.2) is 35.7 Å². The molecule has 0 aliphatic rings. The summed E-state index contributed by atoms with van der Waals surface area (Å²) in [6, 6.07) is 13.7. The van der Waals surface area contributed by atoms with Crippen LogP contribution in [0.25, 0.3) is 0 Å². The first-order valence-corrected chi connectivity index (χ1v) is 7.40. The molecule has 0 amide bonds. The molecule has 0 unspecified atom stereocenters. The SMILES string of the molecule is CC(=O)c1ccccc1NCC(=O)c1ccccc1NCC(=O)O.[Na+]. The predicted molar refractivity (Wildman–Crippen MR) is 91.8 cm³/mol. The number of rotatable bonds is 8. The smallest absolute Gasteiger partial charge is 0.480 e. The first-order valence-electron chi connectivity index (χ1n) is 7.40. The zero-order valence-electron chi connectivity index (χ0n) is 14.2. The van der Waals surface area contributed by atoms with Gasteiger partial charge in [-0.25, -0.2) is 0 Å². The maximum atomic E-state index is 12.4. The van der Waals surface area contributed by atoms with Gasteiger partial charge >= 0.3 is 35.5 Å². The van der Waals surface area contributed by atoms with Crippen molar-refractivity contribution < 1.29 is 49.0 Å². The quantitative estimate of drug-likeness (QED) is 0.447. The van der Waals surface area contributed by atoms with E-state index in [9.17, 15) is 14.4 Å². The number of carbonyl (C=O) groups excluding carboxylic acids is 2. The van der Waals surface area contributed by atoms with Crippen LogP contribution in [0.1, 0.15) is 27.6 Å². The Labute approximate surface area is 167 Å². The predicted octanol–water partition coefficient (Wildman–Crippen LogP) is -0.315. The van der Waals surface area contributed by atoms with Gasteiger partial charge < -0.3 is 15.7 Å². The number of para-hydroxylation sites is 2. The molecule has 25 heavy (non-hydrogen) atoms. The Morgan fingerprint density at radius 1 is 0.840 bits per heavy atom. The van der Waals surface area contributed by atoms with Crippen molar-refractivity contribution in [2.75, 3.05) is 23.7 Å². The van der Waals surface area contributed by atoms with E-state index in [4.69, 9.17) is 5.11 Å². The van der Waals surface area contributed by atoms with E-state index in [1.807, 2.05) is 0 Å². The summed E-state index contributed by atoms with van der Waals surface area (Å²) in [4.78, 5) is 34.7. The maximum absolute atomic E-state index is 12.4. The van der Waals surface area contributed by atoms with Gasteiger partial charge in [0, 0.05) is 22.5 Å². The van der Waals surface area contributed by atoms with Gasteiger partial charge in [0.25, 0.3) is 0 Å². The summed E-state index contributed by atoms with van der Waals surface area (Å²) in [6.07, 6.45) is 0. The van der Waals surface area contributed by atoms with Crippen LogP contribution in [0, 0.1) is 0 Å². The molecule has 0 atom stereocenters. The fourth-order valence-corrected chi connectivity index (χ4v) is 2.27. The molecule has 0 aromatic heterocycles. The molecule has 2 aromatic rings. The second-order valence-electron chi connectivity index (χ2n) is 5.17. The van der Waals surface area contributed by atoms with Crippen molar-refractivity contribution in [3.63, 3.8) is 0 Å². The fourth-order valence-electron chi connectivity index (χ4n) is 2.27. The zero-order chi connectivity index (χ0) is 17.5. The number of carboxylic acid groups (broad SMARTS) is 1.